The lowest BCUT2D eigenvalue weighted by molar-refractivity contribution is -0.135. The van der Waals surface area contributed by atoms with Crippen molar-refractivity contribution in [2.45, 2.75) is 26.0 Å². The summed E-state index contributed by atoms with van der Waals surface area (Å²) in [5.41, 5.74) is 0.885. The average molecular weight is 298 g/mol. The number of nitrogens with one attached hydrogen (secondary N) is 1. The second kappa shape index (κ2) is 7.36. The minimum atomic E-state index is -2.82. The van der Waals surface area contributed by atoms with Crippen molar-refractivity contribution < 1.29 is 18.3 Å². The number of halogens is 2. The molecule has 1 aromatic rings. The minimum absolute atomic E-state index is 0.0326. The molecule has 1 aliphatic rings. The molecular weight excluding hydrogens is 278 g/mol. The lowest BCUT2D eigenvalue weighted by Gasteiger charge is -2.27. The Kier molecular flexibility index (Phi) is 5.50. The SMILES string of the molecule is CN(Cc1ccc(OC(F)F)cc1)C(=O)[C@@H]1CCCNC1. The summed E-state index contributed by atoms with van der Waals surface area (Å²) >= 11 is 0. The molecule has 1 aromatic carbocycles. The van der Waals surface area contributed by atoms with Gasteiger partial charge in [0.05, 0.1) is 5.92 Å². The number of amides is 1. The Morgan fingerprint density at radius 1 is 1.43 bits per heavy atom. The number of nitrogens with zero attached hydrogens (tertiary/aromatic N) is 1. The van der Waals surface area contributed by atoms with Gasteiger partial charge in [-0.25, -0.2) is 0 Å². The number of rotatable bonds is 5. The minimum Gasteiger partial charge on any atom is -0.435 e. The highest BCUT2D eigenvalue weighted by molar-refractivity contribution is 5.78. The highest BCUT2D eigenvalue weighted by atomic mass is 19.3. The van der Waals surface area contributed by atoms with Crippen molar-refractivity contribution in [1.29, 1.82) is 0 Å². The third-order valence-electron chi connectivity index (χ3n) is 3.59. The largest absolute Gasteiger partial charge is 0.435 e. The van der Waals surface area contributed by atoms with Crippen LogP contribution in [-0.2, 0) is 11.3 Å². The molecule has 1 fully saturated rings. The molecule has 0 radical (unpaired) electrons. The van der Waals surface area contributed by atoms with Crippen molar-refractivity contribution in [3.05, 3.63) is 29.8 Å². The van der Waals surface area contributed by atoms with Crippen molar-refractivity contribution >= 4 is 5.91 Å². The van der Waals surface area contributed by atoms with E-state index in [1.165, 1.54) is 12.1 Å². The first kappa shape index (κ1) is 15.7. The van der Waals surface area contributed by atoms with E-state index in [4.69, 9.17) is 0 Å². The standard InChI is InChI=1S/C15H20F2N2O2/c1-19(14(20)12-3-2-8-18-9-12)10-11-4-6-13(7-5-11)21-15(16)17/h4-7,12,15,18H,2-3,8-10H2,1H3/t12-/m1/s1. The fourth-order valence-electron chi connectivity index (χ4n) is 2.50. The van der Waals surface area contributed by atoms with Crippen LogP contribution in [0.25, 0.3) is 0 Å². The molecule has 1 amide bonds. The van der Waals surface area contributed by atoms with Gasteiger partial charge in [-0.05, 0) is 37.1 Å². The summed E-state index contributed by atoms with van der Waals surface area (Å²) in [6.07, 6.45) is 1.93. The second-order valence-corrected chi connectivity index (χ2v) is 5.26. The number of alkyl halides is 2. The van der Waals surface area contributed by atoms with Crippen LogP contribution in [0.3, 0.4) is 0 Å². The van der Waals surface area contributed by atoms with Crippen LogP contribution in [-0.4, -0.2) is 37.6 Å². The molecule has 0 bridgehead atoms. The Hall–Kier alpha value is -1.69. The summed E-state index contributed by atoms with van der Waals surface area (Å²) in [5.74, 6) is 0.277. The zero-order valence-corrected chi connectivity index (χ0v) is 12.0. The van der Waals surface area contributed by atoms with E-state index in [9.17, 15) is 13.6 Å². The molecule has 1 heterocycles. The second-order valence-electron chi connectivity index (χ2n) is 5.26. The summed E-state index contributed by atoms with van der Waals surface area (Å²) in [6, 6.07) is 6.37. The summed E-state index contributed by atoms with van der Waals surface area (Å²) in [4.78, 5) is 14.0. The third-order valence-corrected chi connectivity index (χ3v) is 3.59. The highest BCUT2D eigenvalue weighted by Crippen LogP contribution is 2.17. The molecule has 0 aliphatic carbocycles. The van der Waals surface area contributed by atoms with E-state index >= 15 is 0 Å². The smallest absolute Gasteiger partial charge is 0.387 e. The van der Waals surface area contributed by atoms with Crippen molar-refractivity contribution in [1.82, 2.24) is 10.2 Å². The number of benzene rings is 1. The van der Waals surface area contributed by atoms with Crippen LogP contribution in [0, 0.1) is 5.92 Å². The van der Waals surface area contributed by atoms with Crippen molar-refractivity contribution in [2.24, 2.45) is 5.92 Å². The van der Waals surface area contributed by atoms with E-state index in [0.717, 1.165) is 31.5 Å². The molecule has 2 rings (SSSR count). The van der Waals surface area contributed by atoms with Crippen LogP contribution in [0.4, 0.5) is 8.78 Å². The Morgan fingerprint density at radius 2 is 2.14 bits per heavy atom. The molecule has 4 nitrogen and oxygen atoms in total. The first-order valence-electron chi connectivity index (χ1n) is 7.05. The number of hydrogen-bond acceptors (Lipinski definition) is 3. The Labute approximate surface area is 123 Å². The number of carbonyl (C=O) groups excluding carboxylic acids is 1. The van der Waals surface area contributed by atoms with Gasteiger partial charge in [-0.3, -0.25) is 4.79 Å². The summed E-state index contributed by atoms with van der Waals surface area (Å²) < 4.78 is 28.4. The van der Waals surface area contributed by atoms with Crippen LogP contribution in [0.15, 0.2) is 24.3 Å². The lowest BCUT2D eigenvalue weighted by atomic mass is 9.98. The van der Waals surface area contributed by atoms with Gasteiger partial charge in [0.25, 0.3) is 0 Å². The molecular formula is C15H20F2N2O2. The van der Waals surface area contributed by atoms with Gasteiger partial charge < -0.3 is 15.0 Å². The average Bonchev–Trinajstić information content (AvgIpc) is 2.49. The monoisotopic (exact) mass is 298 g/mol. The number of piperidine rings is 1. The van der Waals surface area contributed by atoms with Gasteiger partial charge in [-0.1, -0.05) is 12.1 Å². The molecule has 1 atom stereocenters. The van der Waals surface area contributed by atoms with Gasteiger partial charge in [0.15, 0.2) is 0 Å². The van der Waals surface area contributed by atoms with E-state index < -0.39 is 6.61 Å². The molecule has 116 valence electrons. The van der Waals surface area contributed by atoms with Gasteiger partial charge in [-0.15, -0.1) is 0 Å². The summed E-state index contributed by atoms with van der Waals surface area (Å²) in [7, 11) is 1.76. The van der Waals surface area contributed by atoms with Gasteiger partial charge in [0.1, 0.15) is 5.75 Å². The highest BCUT2D eigenvalue weighted by Gasteiger charge is 2.23. The lowest BCUT2D eigenvalue weighted by Crippen LogP contribution is -2.41. The maximum absolute atomic E-state index is 12.3. The molecule has 6 heteroatoms. The van der Waals surface area contributed by atoms with Gasteiger partial charge in [0.2, 0.25) is 5.91 Å². The number of hydrogen-bond donors (Lipinski definition) is 1. The van der Waals surface area contributed by atoms with Crippen molar-refractivity contribution in [3.63, 3.8) is 0 Å². The topological polar surface area (TPSA) is 41.6 Å². The van der Waals surface area contributed by atoms with Crippen LogP contribution in [0.5, 0.6) is 5.75 Å². The van der Waals surface area contributed by atoms with Crippen LogP contribution in [0.2, 0.25) is 0 Å². The quantitative estimate of drug-likeness (QED) is 0.906. The molecule has 1 aliphatic heterocycles. The predicted octanol–water partition coefficient (Wildman–Crippen LogP) is 2.25. The van der Waals surface area contributed by atoms with Crippen LogP contribution >= 0.6 is 0 Å². The Morgan fingerprint density at radius 3 is 2.71 bits per heavy atom. The predicted molar refractivity (Wildman–Crippen MR) is 75.1 cm³/mol. The Bertz CT molecular complexity index is 459. The zero-order valence-electron chi connectivity index (χ0n) is 12.0. The number of ether oxygens (including phenoxy) is 1. The fourth-order valence-corrected chi connectivity index (χ4v) is 2.50. The van der Waals surface area contributed by atoms with Crippen molar-refractivity contribution in [2.75, 3.05) is 20.1 Å². The molecule has 1 saturated heterocycles. The summed E-state index contributed by atoms with van der Waals surface area (Å²) in [5, 5.41) is 3.23. The molecule has 1 N–H and O–H groups in total. The van der Waals surface area contributed by atoms with Crippen molar-refractivity contribution in [3.8, 4) is 5.75 Å². The van der Waals surface area contributed by atoms with Gasteiger partial charge >= 0.3 is 6.61 Å². The molecule has 0 unspecified atom stereocenters. The molecule has 0 spiro atoms. The van der Waals surface area contributed by atoms with Gasteiger partial charge in [0, 0.05) is 20.1 Å². The number of carbonyl (C=O) groups is 1. The fraction of sp³-hybridized carbons (Fsp3) is 0.533. The first-order chi connectivity index (χ1) is 10.1. The maximum atomic E-state index is 12.3. The first-order valence-corrected chi connectivity index (χ1v) is 7.05. The van der Waals surface area contributed by atoms with Crippen LogP contribution in [0.1, 0.15) is 18.4 Å². The van der Waals surface area contributed by atoms with Crippen LogP contribution < -0.4 is 10.1 Å². The molecule has 0 saturated carbocycles. The van der Waals surface area contributed by atoms with E-state index in [0.29, 0.717) is 6.54 Å². The third kappa shape index (κ3) is 4.67. The molecule has 21 heavy (non-hydrogen) atoms. The Balaban J connectivity index is 1.89. The maximum Gasteiger partial charge on any atom is 0.387 e. The normalized spacial score (nSPS) is 18.6. The summed E-state index contributed by atoms with van der Waals surface area (Å²) in [6.45, 7) is -0.660. The van der Waals surface area contributed by atoms with E-state index in [1.54, 1.807) is 24.1 Å². The van der Waals surface area contributed by atoms with E-state index in [2.05, 4.69) is 10.1 Å². The molecule has 0 aromatic heterocycles. The van der Waals surface area contributed by atoms with Gasteiger partial charge in [-0.2, -0.15) is 8.78 Å². The van der Waals surface area contributed by atoms with E-state index in [-0.39, 0.29) is 17.6 Å². The van der Waals surface area contributed by atoms with E-state index in [1.807, 2.05) is 0 Å². The zero-order chi connectivity index (χ0) is 15.2.